The fourth-order valence-electron chi connectivity index (χ4n) is 4.70. The maximum absolute atomic E-state index is 12.6. The molecule has 3 saturated heterocycles. The van der Waals surface area contributed by atoms with E-state index in [0.29, 0.717) is 23.9 Å². The highest BCUT2D eigenvalue weighted by Gasteiger charge is 2.43. The van der Waals surface area contributed by atoms with Gasteiger partial charge in [0.1, 0.15) is 5.01 Å². The second kappa shape index (κ2) is 7.10. The molecule has 132 valence electrons. The molecule has 0 radical (unpaired) electrons. The van der Waals surface area contributed by atoms with Crippen LogP contribution in [0.15, 0.2) is 11.6 Å². The minimum absolute atomic E-state index is 0.395. The van der Waals surface area contributed by atoms with Gasteiger partial charge in [-0.1, -0.05) is 0 Å². The summed E-state index contributed by atoms with van der Waals surface area (Å²) >= 11 is 1.74. The van der Waals surface area contributed by atoms with Gasteiger partial charge in [0, 0.05) is 43.2 Å². The Morgan fingerprint density at radius 3 is 2.75 bits per heavy atom. The molecule has 0 bridgehead atoms. The van der Waals surface area contributed by atoms with E-state index in [4.69, 9.17) is 0 Å². The van der Waals surface area contributed by atoms with E-state index in [1.165, 1.54) is 30.9 Å². The van der Waals surface area contributed by atoms with Crippen molar-refractivity contribution in [2.24, 2.45) is 5.92 Å². The van der Waals surface area contributed by atoms with Crippen LogP contribution in [0.2, 0.25) is 0 Å². The van der Waals surface area contributed by atoms with Gasteiger partial charge in [-0.2, -0.15) is 0 Å². The first kappa shape index (κ1) is 16.5. The summed E-state index contributed by atoms with van der Waals surface area (Å²) in [4.78, 5) is 24.3. The van der Waals surface area contributed by atoms with Gasteiger partial charge >= 0.3 is 0 Å². The lowest BCUT2D eigenvalue weighted by Crippen LogP contribution is -2.54. The topological polar surface area (TPSA) is 39.7 Å². The van der Waals surface area contributed by atoms with Crippen LogP contribution in [0.5, 0.6) is 0 Å². The quantitative estimate of drug-likeness (QED) is 0.835. The first-order valence-corrected chi connectivity index (χ1v) is 10.2. The molecule has 2 atom stereocenters. The van der Waals surface area contributed by atoms with E-state index >= 15 is 0 Å². The summed E-state index contributed by atoms with van der Waals surface area (Å²) in [7, 11) is 2.20. The highest BCUT2D eigenvalue weighted by molar-refractivity contribution is 7.09. The minimum atomic E-state index is 0.395. The number of piperidine rings is 2. The van der Waals surface area contributed by atoms with Gasteiger partial charge in [0.2, 0.25) is 5.91 Å². The molecule has 3 aliphatic rings. The lowest BCUT2D eigenvalue weighted by atomic mass is 9.91. The number of hydrogen-bond acceptors (Lipinski definition) is 5. The number of carbonyl (C=O) groups is 1. The average Bonchev–Trinajstić information content (AvgIpc) is 3.23. The number of rotatable bonds is 4. The molecule has 4 heterocycles. The van der Waals surface area contributed by atoms with E-state index in [-0.39, 0.29) is 0 Å². The molecule has 0 saturated carbocycles. The Balaban J connectivity index is 1.40. The number of likely N-dealkylation sites (tertiary alicyclic amines) is 3. The normalized spacial score (nSPS) is 30.0. The van der Waals surface area contributed by atoms with Crippen molar-refractivity contribution in [2.45, 2.75) is 50.7 Å². The van der Waals surface area contributed by atoms with Gasteiger partial charge in [-0.3, -0.25) is 9.69 Å². The molecule has 3 fully saturated rings. The van der Waals surface area contributed by atoms with Crippen molar-refractivity contribution in [1.82, 2.24) is 19.7 Å². The molecule has 4 rings (SSSR count). The van der Waals surface area contributed by atoms with Crippen LogP contribution in [-0.2, 0) is 11.3 Å². The number of thiazole rings is 1. The van der Waals surface area contributed by atoms with Crippen LogP contribution >= 0.6 is 11.3 Å². The van der Waals surface area contributed by atoms with E-state index in [2.05, 4.69) is 32.1 Å². The second-order valence-electron chi connectivity index (χ2n) is 7.65. The molecular weight excluding hydrogens is 320 g/mol. The zero-order valence-electron chi connectivity index (χ0n) is 14.6. The Labute approximate surface area is 148 Å². The van der Waals surface area contributed by atoms with E-state index in [0.717, 1.165) is 38.9 Å². The second-order valence-corrected chi connectivity index (χ2v) is 8.63. The third-order valence-corrected chi connectivity index (χ3v) is 6.88. The van der Waals surface area contributed by atoms with Crippen molar-refractivity contribution >= 4 is 17.2 Å². The van der Waals surface area contributed by atoms with E-state index in [9.17, 15) is 4.79 Å². The summed E-state index contributed by atoms with van der Waals surface area (Å²) < 4.78 is 0. The highest BCUT2D eigenvalue weighted by atomic mass is 32.1. The van der Waals surface area contributed by atoms with Gasteiger partial charge in [0.25, 0.3) is 0 Å². The number of hydrogen-bond donors (Lipinski definition) is 0. The van der Waals surface area contributed by atoms with Crippen LogP contribution in [0.1, 0.15) is 37.1 Å². The predicted molar refractivity (Wildman–Crippen MR) is 95.9 cm³/mol. The van der Waals surface area contributed by atoms with Gasteiger partial charge in [-0.05, 0) is 51.7 Å². The maximum Gasteiger partial charge on any atom is 0.222 e. The molecule has 5 nitrogen and oxygen atoms in total. The summed E-state index contributed by atoms with van der Waals surface area (Å²) in [6.07, 6.45) is 7.25. The Bertz CT molecular complexity index is 555. The van der Waals surface area contributed by atoms with Crippen LogP contribution in [0.3, 0.4) is 0 Å². The number of aromatic nitrogens is 1. The van der Waals surface area contributed by atoms with Gasteiger partial charge in [-0.15, -0.1) is 11.3 Å². The maximum atomic E-state index is 12.6. The van der Waals surface area contributed by atoms with Crippen molar-refractivity contribution in [3.05, 3.63) is 16.6 Å². The molecule has 0 N–H and O–H groups in total. The van der Waals surface area contributed by atoms with Gasteiger partial charge in [-0.25, -0.2) is 4.98 Å². The number of carbonyl (C=O) groups excluding carboxylic acids is 1. The summed E-state index contributed by atoms with van der Waals surface area (Å²) in [5.41, 5.74) is 0. The Morgan fingerprint density at radius 1 is 1.17 bits per heavy atom. The molecule has 6 heteroatoms. The lowest BCUT2D eigenvalue weighted by molar-refractivity contribution is -0.138. The van der Waals surface area contributed by atoms with Gasteiger partial charge in [0.15, 0.2) is 0 Å². The van der Waals surface area contributed by atoms with Crippen molar-refractivity contribution in [1.29, 1.82) is 0 Å². The molecular formula is C18H28N4OS. The zero-order valence-corrected chi connectivity index (χ0v) is 15.4. The fraction of sp³-hybridized carbons (Fsp3) is 0.778. The SMILES string of the molecule is CN1CCC(CN2C(=O)CC[C@@H]3[C@H]2CCN3Cc2nccs2)CC1. The van der Waals surface area contributed by atoms with Crippen LogP contribution in [-0.4, -0.2) is 70.9 Å². The number of fused-ring (bicyclic) bond motifs is 1. The highest BCUT2D eigenvalue weighted by Crippen LogP contribution is 2.34. The zero-order chi connectivity index (χ0) is 16.5. The van der Waals surface area contributed by atoms with Crippen molar-refractivity contribution in [2.75, 3.05) is 33.2 Å². The van der Waals surface area contributed by atoms with E-state index in [1.54, 1.807) is 11.3 Å². The minimum Gasteiger partial charge on any atom is -0.338 e. The summed E-state index contributed by atoms with van der Waals surface area (Å²) in [6.45, 7) is 5.40. The molecule has 24 heavy (non-hydrogen) atoms. The molecule has 0 spiro atoms. The Morgan fingerprint density at radius 2 is 2.00 bits per heavy atom. The van der Waals surface area contributed by atoms with Gasteiger partial charge in [0.05, 0.1) is 6.54 Å². The molecule has 1 aromatic heterocycles. The molecule has 0 aliphatic carbocycles. The van der Waals surface area contributed by atoms with Crippen LogP contribution in [0, 0.1) is 5.92 Å². The van der Waals surface area contributed by atoms with Crippen molar-refractivity contribution in [3.8, 4) is 0 Å². The van der Waals surface area contributed by atoms with Crippen LogP contribution in [0.25, 0.3) is 0 Å². The van der Waals surface area contributed by atoms with Crippen LogP contribution in [0.4, 0.5) is 0 Å². The fourth-order valence-corrected chi connectivity index (χ4v) is 5.34. The summed E-state index contributed by atoms with van der Waals surface area (Å²) in [5.74, 6) is 1.09. The first-order chi connectivity index (χ1) is 11.7. The standard InChI is InChI=1S/C18H28N4OS/c1-20-8-4-14(5-9-20)12-22-16-6-10-21(13-17-19-7-11-24-17)15(16)2-3-18(22)23/h7,11,14-16H,2-6,8-10,12-13H2,1H3/t15-,16-/m1/s1. The van der Waals surface area contributed by atoms with Crippen molar-refractivity contribution in [3.63, 3.8) is 0 Å². The first-order valence-electron chi connectivity index (χ1n) is 9.31. The lowest BCUT2D eigenvalue weighted by Gasteiger charge is -2.42. The molecule has 0 unspecified atom stereocenters. The van der Waals surface area contributed by atoms with Crippen LogP contribution < -0.4 is 0 Å². The van der Waals surface area contributed by atoms with E-state index < -0.39 is 0 Å². The largest absolute Gasteiger partial charge is 0.338 e. The molecule has 1 aromatic rings. The molecule has 0 aromatic carbocycles. The molecule has 3 aliphatic heterocycles. The third kappa shape index (κ3) is 3.37. The third-order valence-electron chi connectivity index (χ3n) is 6.11. The van der Waals surface area contributed by atoms with Gasteiger partial charge < -0.3 is 9.80 Å². The Hall–Kier alpha value is -0.980. The number of nitrogens with zero attached hydrogens (tertiary/aromatic N) is 4. The number of amides is 1. The summed E-state index contributed by atoms with van der Waals surface area (Å²) in [5, 5.41) is 3.26. The van der Waals surface area contributed by atoms with E-state index in [1.807, 2.05) is 6.20 Å². The molecule has 1 amide bonds. The smallest absolute Gasteiger partial charge is 0.222 e. The monoisotopic (exact) mass is 348 g/mol. The van der Waals surface area contributed by atoms with Crippen molar-refractivity contribution < 1.29 is 4.79 Å². The predicted octanol–water partition coefficient (Wildman–Crippen LogP) is 2.05. The Kier molecular flexibility index (Phi) is 4.88. The summed E-state index contributed by atoms with van der Waals surface area (Å²) in [6, 6.07) is 0.976. The average molecular weight is 349 g/mol.